The quantitative estimate of drug-likeness (QED) is 0.779. The van der Waals surface area contributed by atoms with E-state index in [0.717, 1.165) is 12.0 Å². The molecule has 0 aliphatic heterocycles. The van der Waals surface area contributed by atoms with Gasteiger partial charge in [-0.15, -0.1) is 11.3 Å². The summed E-state index contributed by atoms with van der Waals surface area (Å²) in [6, 6.07) is 10.8. The fourth-order valence-corrected chi connectivity index (χ4v) is 3.16. The third-order valence-corrected chi connectivity index (χ3v) is 4.52. The molecule has 1 atom stereocenters. The number of carboxylic acids is 1. The number of amides is 1. The van der Waals surface area contributed by atoms with Crippen LogP contribution in [0.25, 0.3) is 0 Å². The van der Waals surface area contributed by atoms with Crippen LogP contribution in [-0.2, 0) is 17.6 Å². The monoisotopic (exact) mass is 331 g/mol. The maximum atomic E-state index is 11.9. The summed E-state index contributed by atoms with van der Waals surface area (Å²) in [5.74, 6) is -0.494. The fraction of sp³-hybridized carbons (Fsp3) is 0.333. The highest BCUT2D eigenvalue weighted by molar-refractivity contribution is 7.09. The first-order valence-corrected chi connectivity index (χ1v) is 8.54. The molecule has 1 amide bonds. The summed E-state index contributed by atoms with van der Waals surface area (Å²) < 4.78 is 0. The molecule has 2 N–H and O–H groups in total. The number of carbonyl (C=O) groups excluding carboxylic acids is 1. The van der Waals surface area contributed by atoms with Gasteiger partial charge in [-0.25, -0.2) is 4.79 Å². The zero-order valence-electron chi connectivity index (χ0n) is 13.1. The van der Waals surface area contributed by atoms with Crippen LogP contribution in [0, 0.1) is 5.92 Å². The van der Waals surface area contributed by atoms with Gasteiger partial charge in [-0.2, -0.15) is 0 Å². The number of nitrogens with one attached hydrogen (secondary N) is 1. The van der Waals surface area contributed by atoms with E-state index in [2.05, 4.69) is 23.7 Å². The highest BCUT2D eigenvalue weighted by atomic mass is 32.1. The van der Waals surface area contributed by atoms with Crippen molar-refractivity contribution in [2.24, 2.45) is 5.92 Å². The predicted molar refractivity (Wildman–Crippen MR) is 91.9 cm³/mol. The van der Waals surface area contributed by atoms with E-state index in [1.54, 1.807) is 35.6 Å². The molecule has 5 heteroatoms. The molecule has 2 rings (SSSR count). The zero-order chi connectivity index (χ0) is 16.7. The van der Waals surface area contributed by atoms with Crippen LogP contribution in [0.15, 0.2) is 41.8 Å². The Morgan fingerprint density at radius 3 is 2.57 bits per heavy atom. The number of thiophene rings is 1. The Morgan fingerprint density at radius 1 is 1.22 bits per heavy atom. The average Bonchev–Trinajstić information content (AvgIpc) is 3.04. The summed E-state index contributed by atoms with van der Waals surface area (Å²) in [4.78, 5) is 24.0. The summed E-state index contributed by atoms with van der Waals surface area (Å²) in [6.07, 6.45) is 2.01. The van der Waals surface area contributed by atoms with Gasteiger partial charge in [-0.3, -0.25) is 4.79 Å². The summed E-state index contributed by atoms with van der Waals surface area (Å²) in [7, 11) is 0. The number of aryl methyl sites for hydroxylation is 1. The van der Waals surface area contributed by atoms with Gasteiger partial charge in [0, 0.05) is 17.8 Å². The van der Waals surface area contributed by atoms with E-state index in [1.165, 1.54) is 4.88 Å². The van der Waals surface area contributed by atoms with Gasteiger partial charge in [0.25, 0.3) is 0 Å². The highest BCUT2D eigenvalue weighted by Gasteiger charge is 2.08. The first kappa shape index (κ1) is 17.2. The molecule has 4 nitrogen and oxygen atoms in total. The smallest absolute Gasteiger partial charge is 0.335 e. The van der Waals surface area contributed by atoms with Gasteiger partial charge < -0.3 is 10.4 Å². The van der Waals surface area contributed by atoms with E-state index >= 15 is 0 Å². The Kier molecular flexibility index (Phi) is 6.35. The molecule has 0 spiro atoms. The second-order valence-electron chi connectivity index (χ2n) is 5.69. The van der Waals surface area contributed by atoms with Crippen LogP contribution in [0.1, 0.15) is 34.1 Å². The van der Waals surface area contributed by atoms with E-state index in [4.69, 9.17) is 5.11 Å². The summed E-state index contributed by atoms with van der Waals surface area (Å²) in [5.41, 5.74) is 1.23. The molecule has 0 fully saturated rings. The summed E-state index contributed by atoms with van der Waals surface area (Å²) >= 11 is 1.74. The number of rotatable bonds is 8. The molecule has 1 unspecified atom stereocenters. The molecule has 23 heavy (non-hydrogen) atoms. The van der Waals surface area contributed by atoms with E-state index in [-0.39, 0.29) is 11.5 Å². The van der Waals surface area contributed by atoms with Crippen LogP contribution in [0.2, 0.25) is 0 Å². The van der Waals surface area contributed by atoms with Gasteiger partial charge in [0.1, 0.15) is 0 Å². The van der Waals surface area contributed by atoms with Gasteiger partial charge in [0.05, 0.1) is 5.56 Å². The van der Waals surface area contributed by atoms with Crippen molar-refractivity contribution in [3.8, 4) is 0 Å². The number of carbonyl (C=O) groups is 2. The minimum absolute atomic E-state index is 0.0327. The number of hydrogen-bond acceptors (Lipinski definition) is 3. The van der Waals surface area contributed by atoms with Gasteiger partial charge in [-0.05, 0) is 47.9 Å². The van der Waals surface area contributed by atoms with E-state index in [9.17, 15) is 9.59 Å². The molecule has 0 saturated heterocycles. The fourth-order valence-electron chi connectivity index (χ4n) is 2.29. The van der Waals surface area contributed by atoms with Gasteiger partial charge >= 0.3 is 5.97 Å². The Morgan fingerprint density at radius 2 is 1.96 bits per heavy atom. The second kappa shape index (κ2) is 8.48. The molecular formula is C18H21NO3S. The standard InChI is InChI=1S/C18H21NO3S/c1-13(11-16-3-2-10-23-16)12-19-17(20)9-6-14-4-7-15(8-5-14)18(21)22/h2-5,7-8,10,13H,6,9,11-12H2,1H3,(H,19,20)(H,21,22). The van der Waals surface area contributed by atoms with Crippen molar-refractivity contribution < 1.29 is 14.7 Å². The van der Waals surface area contributed by atoms with Crippen LogP contribution in [0.3, 0.4) is 0 Å². The first-order valence-electron chi connectivity index (χ1n) is 7.66. The third kappa shape index (κ3) is 5.87. The molecule has 2 aromatic rings. The number of aromatic carboxylic acids is 1. The molecule has 122 valence electrons. The molecule has 0 aliphatic carbocycles. The Labute approximate surface area is 140 Å². The lowest BCUT2D eigenvalue weighted by atomic mass is 10.1. The molecule has 1 heterocycles. The van der Waals surface area contributed by atoms with E-state index < -0.39 is 5.97 Å². The van der Waals surface area contributed by atoms with E-state index in [1.807, 2.05) is 6.07 Å². The second-order valence-corrected chi connectivity index (χ2v) is 6.73. The molecule has 0 saturated carbocycles. The maximum absolute atomic E-state index is 11.9. The van der Waals surface area contributed by atoms with Gasteiger partial charge in [0.2, 0.25) is 5.91 Å². The van der Waals surface area contributed by atoms with Crippen molar-refractivity contribution in [2.45, 2.75) is 26.2 Å². The lowest BCUT2D eigenvalue weighted by Crippen LogP contribution is -2.29. The van der Waals surface area contributed by atoms with Crippen molar-refractivity contribution in [3.05, 3.63) is 57.8 Å². The van der Waals surface area contributed by atoms with Gasteiger partial charge in [0.15, 0.2) is 0 Å². The Bertz CT molecular complexity index is 635. The predicted octanol–water partition coefficient (Wildman–Crippen LogP) is 3.37. The minimum atomic E-state index is -0.936. The summed E-state index contributed by atoms with van der Waals surface area (Å²) in [6.45, 7) is 2.80. The molecule has 1 aromatic heterocycles. The zero-order valence-corrected chi connectivity index (χ0v) is 13.9. The van der Waals surface area contributed by atoms with Crippen LogP contribution < -0.4 is 5.32 Å². The van der Waals surface area contributed by atoms with Crippen molar-refractivity contribution in [1.82, 2.24) is 5.32 Å². The molecule has 1 aromatic carbocycles. The highest BCUT2D eigenvalue weighted by Crippen LogP contribution is 2.14. The van der Waals surface area contributed by atoms with Crippen LogP contribution in [0.5, 0.6) is 0 Å². The normalized spacial score (nSPS) is 11.9. The SMILES string of the molecule is CC(CNC(=O)CCc1ccc(C(=O)O)cc1)Cc1cccs1. The van der Waals surface area contributed by atoms with Crippen LogP contribution >= 0.6 is 11.3 Å². The maximum Gasteiger partial charge on any atom is 0.335 e. The minimum Gasteiger partial charge on any atom is -0.478 e. The lowest BCUT2D eigenvalue weighted by Gasteiger charge is -2.11. The summed E-state index contributed by atoms with van der Waals surface area (Å²) in [5, 5.41) is 13.9. The number of carboxylic acid groups (broad SMARTS) is 1. The molecular weight excluding hydrogens is 310 g/mol. The first-order chi connectivity index (χ1) is 11.0. The largest absolute Gasteiger partial charge is 0.478 e. The Balaban J connectivity index is 1.69. The molecule has 0 bridgehead atoms. The van der Waals surface area contributed by atoms with Crippen molar-refractivity contribution >= 4 is 23.2 Å². The average molecular weight is 331 g/mol. The van der Waals surface area contributed by atoms with E-state index in [0.29, 0.717) is 25.3 Å². The van der Waals surface area contributed by atoms with Crippen molar-refractivity contribution in [1.29, 1.82) is 0 Å². The topological polar surface area (TPSA) is 66.4 Å². The third-order valence-electron chi connectivity index (χ3n) is 3.62. The van der Waals surface area contributed by atoms with Crippen molar-refractivity contribution in [3.63, 3.8) is 0 Å². The number of benzene rings is 1. The number of hydrogen-bond donors (Lipinski definition) is 2. The molecule has 0 aliphatic rings. The van der Waals surface area contributed by atoms with Crippen molar-refractivity contribution in [2.75, 3.05) is 6.54 Å². The van der Waals surface area contributed by atoms with Crippen LogP contribution in [0.4, 0.5) is 0 Å². The lowest BCUT2D eigenvalue weighted by molar-refractivity contribution is -0.121. The van der Waals surface area contributed by atoms with Crippen LogP contribution in [-0.4, -0.2) is 23.5 Å². The van der Waals surface area contributed by atoms with Gasteiger partial charge in [-0.1, -0.05) is 25.1 Å². The molecule has 0 radical (unpaired) electrons. The Hall–Kier alpha value is -2.14.